The van der Waals surface area contributed by atoms with Crippen molar-refractivity contribution >= 4 is 11.6 Å². The van der Waals surface area contributed by atoms with Gasteiger partial charge in [0.25, 0.3) is 0 Å². The standard InChI is InChI=1S/C22H25N5O/c1-15-4-9-21(23-12-15)27-11-10-20-19(13-27)22(25-14-24-20)26-16(2)17-5-7-18(28-3)8-6-17/h4-9,12,14,16H,10-11,13H2,1-3H3,(H,24,25,26)/t16-/m0/s1. The third kappa shape index (κ3) is 3.76. The highest BCUT2D eigenvalue weighted by atomic mass is 16.5. The molecule has 6 nitrogen and oxygen atoms in total. The summed E-state index contributed by atoms with van der Waals surface area (Å²) >= 11 is 0. The number of nitrogens with zero attached hydrogens (tertiary/aromatic N) is 4. The largest absolute Gasteiger partial charge is 0.497 e. The van der Waals surface area contributed by atoms with Crippen LogP contribution in [0.1, 0.15) is 35.3 Å². The van der Waals surface area contributed by atoms with Gasteiger partial charge < -0.3 is 15.0 Å². The Labute approximate surface area is 165 Å². The molecule has 0 amide bonds. The monoisotopic (exact) mass is 375 g/mol. The molecule has 0 fully saturated rings. The lowest BCUT2D eigenvalue weighted by Gasteiger charge is -2.30. The molecule has 4 rings (SSSR count). The lowest BCUT2D eigenvalue weighted by Crippen LogP contribution is -2.32. The van der Waals surface area contributed by atoms with Crippen LogP contribution in [0.15, 0.2) is 48.9 Å². The minimum absolute atomic E-state index is 0.123. The van der Waals surface area contributed by atoms with Crippen LogP contribution >= 0.6 is 0 Å². The quantitative estimate of drug-likeness (QED) is 0.729. The molecular weight excluding hydrogens is 350 g/mol. The Morgan fingerprint density at radius 1 is 1.07 bits per heavy atom. The van der Waals surface area contributed by atoms with E-state index in [1.807, 2.05) is 18.3 Å². The third-order valence-corrected chi connectivity index (χ3v) is 5.19. The fraction of sp³-hybridized carbons (Fsp3) is 0.318. The van der Waals surface area contributed by atoms with Gasteiger partial charge in [-0.25, -0.2) is 15.0 Å². The zero-order valence-corrected chi connectivity index (χ0v) is 16.5. The number of fused-ring (bicyclic) bond motifs is 1. The highest BCUT2D eigenvalue weighted by Gasteiger charge is 2.22. The number of aromatic nitrogens is 3. The molecule has 0 saturated carbocycles. The Bertz CT molecular complexity index is 940. The van der Waals surface area contributed by atoms with Crippen LogP contribution in [0.4, 0.5) is 11.6 Å². The summed E-state index contributed by atoms with van der Waals surface area (Å²) in [6.45, 7) is 5.86. The molecule has 1 aliphatic heterocycles. The van der Waals surface area contributed by atoms with Crippen molar-refractivity contribution in [2.75, 3.05) is 23.9 Å². The molecule has 2 aromatic heterocycles. The molecule has 3 aromatic rings. The predicted octanol–water partition coefficient (Wildman–Crippen LogP) is 3.92. The van der Waals surface area contributed by atoms with Gasteiger partial charge in [-0.2, -0.15) is 0 Å². The Morgan fingerprint density at radius 2 is 1.89 bits per heavy atom. The van der Waals surface area contributed by atoms with Crippen LogP contribution in [0.5, 0.6) is 5.75 Å². The maximum absolute atomic E-state index is 5.25. The number of anilines is 2. The van der Waals surface area contributed by atoms with Gasteiger partial charge >= 0.3 is 0 Å². The molecule has 0 radical (unpaired) electrons. The molecule has 0 aliphatic carbocycles. The second-order valence-electron chi connectivity index (χ2n) is 7.15. The molecule has 1 aromatic carbocycles. The third-order valence-electron chi connectivity index (χ3n) is 5.19. The maximum atomic E-state index is 5.25. The molecule has 6 heteroatoms. The molecule has 0 saturated heterocycles. The maximum Gasteiger partial charge on any atom is 0.135 e. The number of aryl methyl sites for hydroxylation is 1. The van der Waals surface area contributed by atoms with Gasteiger partial charge in [-0.05, 0) is 43.2 Å². The summed E-state index contributed by atoms with van der Waals surface area (Å²) in [5.74, 6) is 2.75. The van der Waals surface area contributed by atoms with Crippen molar-refractivity contribution in [1.82, 2.24) is 15.0 Å². The van der Waals surface area contributed by atoms with E-state index in [-0.39, 0.29) is 6.04 Å². The minimum atomic E-state index is 0.123. The van der Waals surface area contributed by atoms with Crippen LogP contribution < -0.4 is 15.0 Å². The topological polar surface area (TPSA) is 63.2 Å². The number of ether oxygens (including phenoxy) is 1. The number of hydrogen-bond acceptors (Lipinski definition) is 6. The first-order valence-corrected chi connectivity index (χ1v) is 9.55. The number of nitrogens with one attached hydrogen (secondary N) is 1. The summed E-state index contributed by atoms with van der Waals surface area (Å²) in [6, 6.07) is 12.4. The summed E-state index contributed by atoms with van der Waals surface area (Å²) in [7, 11) is 1.68. The van der Waals surface area contributed by atoms with Gasteiger partial charge in [0.15, 0.2) is 0 Å². The van der Waals surface area contributed by atoms with E-state index in [1.165, 1.54) is 11.1 Å². The molecule has 0 bridgehead atoms. The van der Waals surface area contributed by atoms with Crippen molar-refractivity contribution in [1.29, 1.82) is 0 Å². The van der Waals surface area contributed by atoms with Crippen LogP contribution in [0.3, 0.4) is 0 Å². The van der Waals surface area contributed by atoms with E-state index in [4.69, 9.17) is 4.74 Å². The summed E-state index contributed by atoms with van der Waals surface area (Å²) in [6.07, 6.45) is 4.46. The molecular formula is C22H25N5O. The SMILES string of the molecule is COc1ccc([C@H](C)Nc2ncnc3c2CN(c2ccc(C)cn2)CC3)cc1. The van der Waals surface area contributed by atoms with E-state index in [9.17, 15) is 0 Å². The van der Waals surface area contributed by atoms with Gasteiger partial charge in [0, 0.05) is 37.3 Å². The number of benzene rings is 1. The highest BCUT2D eigenvalue weighted by molar-refractivity contribution is 5.53. The normalized spacial score (nSPS) is 14.3. The van der Waals surface area contributed by atoms with Gasteiger partial charge in [0.05, 0.1) is 12.8 Å². The summed E-state index contributed by atoms with van der Waals surface area (Å²) in [5, 5.41) is 3.57. The molecule has 0 unspecified atom stereocenters. The predicted molar refractivity (Wildman–Crippen MR) is 111 cm³/mol. The Morgan fingerprint density at radius 3 is 2.61 bits per heavy atom. The zero-order chi connectivity index (χ0) is 19.5. The average Bonchev–Trinajstić information content (AvgIpc) is 2.74. The van der Waals surface area contributed by atoms with Crippen molar-refractivity contribution in [3.05, 3.63) is 71.3 Å². The number of methoxy groups -OCH3 is 1. The fourth-order valence-corrected chi connectivity index (χ4v) is 3.49. The van der Waals surface area contributed by atoms with Crippen LogP contribution in [-0.4, -0.2) is 28.6 Å². The number of pyridine rings is 1. The Kier molecular flexibility index (Phi) is 5.10. The van der Waals surface area contributed by atoms with E-state index in [0.717, 1.165) is 48.2 Å². The summed E-state index contributed by atoms with van der Waals surface area (Å²) in [5.41, 5.74) is 4.61. The van der Waals surface area contributed by atoms with Crippen molar-refractivity contribution < 1.29 is 4.74 Å². The van der Waals surface area contributed by atoms with Gasteiger partial charge in [-0.3, -0.25) is 0 Å². The van der Waals surface area contributed by atoms with Crippen molar-refractivity contribution in [2.45, 2.75) is 32.9 Å². The lowest BCUT2D eigenvalue weighted by atomic mass is 10.0. The van der Waals surface area contributed by atoms with Gasteiger partial charge in [0.1, 0.15) is 23.7 Å². The van der Waals surface area contributed by atoms with Crippen LogP contribution in [0.25, 0.3) is 0 Å². The molecule has 3 heterocycles. The van der Waals surface area contributed by atoms with E-state index in [0.29, 0.717) is 0 Å². The lowest BCUT2D eigenvalue weighted by molar-refractivity contribution is 0.414. The van der Waals surface area contributed by atoms with Crippen LogP contribution in [0.2, 0.25) is 0 Å². The Hall–Kier alpha value is -3.15. The second kappa shape index (κ2) is 7.84. The Balaban J connectivity index is 1.55. The molecule has 1 aliphatic rings. The highest BCUT2D eigenvalue weighted by Crippen LogP contribution is 2.28. The minimum Gasteiger partial charge on any atom is -0.497 e. The second-order valence-corrected chi connectivity index (χ2v) is 7.15. The van der Waals surface area contributed by atoms with Crippen molar-refractivity contribution in [2.24, 2.45) is 0 Å². The summed E-state index contributed by atoms with van der Waals surface area (Å²) < 4.78 is 5.25. The first kappa shape index (κ1) is 18.2. The molecule has 28 heavy (non-hydrogen) atoms. The van der Waals surface area contributed by atoms with E-state index in [2.05, 4.69) is 63.3 Å². The van der Waals surface area contributed by atoms with Gasteiger partial charge in [0.2, 0.25) is 0 Å². The van der Waals surface area contributed by atoms with E-state index >= 15 is 0 Å². The summed E-state index contributed by atoms with van der Waals surface area (Å²) in [4.78, 5) is 15.9. The molecule has 1 N–H and O–H groups in total. The smallest absolute Gasteiger partial charge is 0.135 e. The van der Waals surface area contributed by atoms with Gasteiger partial charge in [-0.1, -0.05) is 18.2 Å². The van der Waals surface area contributed by atoms with Crippen LogP contribution in [-0.2, 0) is 13.0 Å². The van der Waals surface area contributed by atoms with Crippen molar-refractivity contribution in [3.63, 3.8) is 0 Å². The van der Waals surface area contributed by atoms with Gasteiger partial charge in [-0.15, -0.1) is 0 Å². The number of rotatable bonds is 5. The van der Waals surface area contributed by atoms with E-state index in [1.54, 1.807) is 13.4 Å². The molecule has 0 spiro atoms. The van der Waals surface area contributed by atoms with Crippen molar-refractivity contribution in [3.8, 4) is 5.75 Å². The fourth-order valence-electron chi connectivity index (χ4n) is 3.49. The first-order chi connectivity index (χ1) is 13.6. The average molecular weight is 375 g/mol. The molecule has 1 atom stereocenters. The van der Waals surface area contributed by atoms with Crippen LogP contribution in [0, 0.1) is 6.92 Å². The zero-order valence-electron chi connectivity index (χ0n) is 16.5. The molecule has 144 valence electrons. The number of hydrogen-bond donors (Lipinski definition) is 1. The first-order valence-electron chi connectivity index (χ1n) is 9.55. The van der Waals surface area contributed by atoms with E-state index < -0.39 is 0 Å².